The summed E-state index contributed by atoms with van der Waals surface area (Å²) >= 11 is 0. The third-order valence-corrected chi connectivity index (χ3v) is 3.32. The lowest BCUT2D eigenvalue weighted by Crippen LogP contribution is -2.17. The average molecular weight is 239 g/mol. The molecule has 3 rings (SSSR count). The molecule has 0 atom stereocenters. The lowest BCUT2D eigenvalue weighted by atomic mass is 10.1. The molecule has 18 heavy (non-hydrogen) atoms. The topological polar surface area (TPSA) is 31.2 Å². The molecule has 0 N–H and O–H groups in total. The first-order valence-electron chi connectivity index (χ1n) is 5.78. The van der Waals surface area contributed by atoms with Gasteiger partial charge in [-0.15, -0.1) is 0 Å². The molecule has 0 unspecified atom stereocenters. The molecule has 3 heteroatoms. The fourth-order valence-electron chi connectivity index (χ4n) is 2.34. The maximum absolute atomic E-state index is 12.3. The molecule has 90 valence electrons. The van der Waals surface area contributed by atoms with Crippen molar-refractivity contribution in [2.24, 2.45) is 7.05 Å². The first kappa shape index (κ1) is 10.8. The molecule has 0 saturated heterocycles. The number of pyridine rings is 1. The van der Waals surface area contributed by atoms with Crippen LogP contribution in [-0.2, 0) is 7.05 Å². The molecule has 3 nitrogen and oxygen atoms in total. The number of nitrogens with zero attached hydrogens (tertiary/aromatic N) is 1. The van der Waals surface area contributed by atoms with Gasteiger partial charge in [-0.1, -0.05) is 18.2 Å². The van der Waals surface area contributed by atoms with Gasteiger partial charge in [0.1, 0.15) is 5.75 Å². The van der Waals surface area contributed by atoms with E-state index in [-0.39, 0.29) is 5.56 Å². The highest BCUT2D eigenvalue weighted by Gasteiger charge is 2.08. The van der Waals surface area contributed by atoms with Crippen LogP contribution in [0.3, 0.4) is 0 Å². The van der Waals surface area contributed by atoms with Gasteiger partial charge in [0.25, 0.3) is 5.56 Å². The van der Waals surface area contributed by atoms with Crippen LogP contribution in [0.5, 0.6) is 5.75 Å². The molecule has 1 heterocycles. The van der Waals surface area contributed by atoms with E-state index in [1.54, 1.807) is 18.7 Å². The summed E-state index contributed by atoms with van der Waals surface area (Å²) in [6, 6.07) is 13.5. The number of methoxy groups -OCH3 is 1. The molecule has 2 aromatic carbocycles. The molecule has 0 radical (unpaired) electrons. The van der Waals surface area contributed by atoms with E-state index in [0.29, 0.717) is 0 Å². The highest BCUT2D eigenvalue weighted by Crippen LogP contribution is 2.25. The quantitative estimate of drug-likeness (QED) is 0.611. The molecule has 0 spiro atoms. The minimum absolute atomic E-state index is 0.0198. The van der Waals surface area contributed by atoms with Crippen LogP contribution >= 0.6 is 0 Å². The Morgan fingerprint density at radius 1 is 1.00 bits per heavy atom. The number of hydrogen-bond donors (Lipinski definition) is 0. The summed E-state index contributed by atoms with van der Waals surface area (Å²) in [6.45, 7) is 0. The second kappa shape index (κ2) is 3.88. The molecule has 0 saturated carbocycles. The van der Waals surface area contributed by atoms with Crippen LogP contribution in [0.25, 0.3) is 21.7 Å². The smallest absolute Gasteiger partial charge is 0.258 e. The molecule has 1 aromatic heterocycles. The van der Waals surface area contributed by atoms with Gasteiger partial charge in [-0.25, -0.2) is 0 Å². The van der Waals surface area contributed by atoms with Gasteiger partial charge in [0.05, 0.1) is 12.6 Å². The Bertz CT molecular complexity index is 803. The van der Waals surface area contributed by atoms with Crippen molar-refractivity contribution in [2.75, 3.05) is 7.11 Å². The number of hydrogen-bond acceptors (Lipinski definition) is 2. The molecule has 0 aliphatic rings. The summed E-state index contributed by atoms with van der Waals surface area (Å²) in [5.74, 6) is 0.765. The van der Waals surface area contributed by atoms with Crippen LogP contribution in [-0.4, -0.2) is 11.7 Å². The molecular weight excluding hydrogens is 226 g/mol. The zero-order chi connectivity index (χ0) is 12.7. The average Bonchev–Trinajstić information content (AvgIpc) is 2.44. The number of benzene rings is 2. The normalized spacial score (nSPS) is 11.0. The third-order valence-electron chi connectivity index (χ3n) is 3.32. The third kappa shape index (κ3) is 1.40. The van der Waals surface area contributed by atoms with Crippen molar-refractivity contribution >= 4 is 21.7 Å². The fourth-order valence-corrected chi connectivity index (χ4v) is 2.34. The first-order valence-corrected chi connectivity index (χ1v) is 5.78. The van der Waals surface area contributed by atoms with E-state index in [9.17, 15) is 4.79 Å². The summed E-state index contributed by atoms with van der Waals surface area (Å²) in [6.07, 6.45) is 0. The predicted molar refractivity (Wildman–Crippen MR) is 73.2 cm³/mol. The van der Waals surface area contributed by atoms with Crippen LogP contribution in [0.1, 0.15) is 0 Å². The van der Waals surface area contributed by atoms with Crippen LogP contribution in [0, 0.1) is 0 Å². The Kier molecular flexibility index (Phi) is 2.33. The fraction of sp³-hybridized carbons (Fsp3) is 0.133. The van der Waals surface area contributed by atoms with Gasteiger partial charge in [-0.2, -0.15) is 0 Å². The lowest BCUT2D eigenvalue weighted by molar-refractivity contribution is 0.415. The number of aryl methyl sites for hydroxylation is 1. The van der Waals surface area contributed by atoms with Crippen LogP contribution in [0.15, 0.2) is 47.3 Å². The van der Waals surface area contributed by atoms with Gasteiger partial charge in [-0.3, -0.25) is 4.79 Å². The van der Waals surface area contributed by atoms with Gasteiger partial charge in [0, 0.05) is 23.2 Å². The number of rotatable bonds is 1. The number of aromatic nitrogens is 1. The summed E-state index contributed by atoms with van der Waals surface area (Å²) < 4.78 is 6.92. The zero-order valence-corrected chi connectivity index (χ0v) is 10.3. The van der Waals surface area contributed by atoms with E-state index in [1.165, 1.54) is 0 Å². The molecular formula is C15H13NO2. The SMILES string of the molecule is COc1ccc2c(=O)n(C)c3ccccc3c2c1. The van der Waals surface area contributed by atoms with Crippen molar-refractivity contribution in [1.29, 1.82) is 0 Å². The van der Waals surface area contributed by atoms with Gasteiger partial charge in [0.15, 0.2) is 0 Å². The van der Waals surface area contributed by atoms with Crippen LogP contribution in [0.4, 0.5) is 0 Å². The maximum Gasteiger partial charge on any atom is 0.258 e. The molecule has 0 aliphatic heterocycles. The second-order valence-electron chi connectivity index (χ2n) is 4.29. The van der Waals surface area contributed by atoms with E-state index in [4.69, 9.17) is 4.74 Å². The number of ether oxygens (including phenoxy) is 1. The minimum Gasteiger partial charge on any atom is -0.497 e. The second-order valence-corrected chi connectivity index (χ2v) is 4.29. The van der Waals surface area contributed by atoms with Crippen LogP contribution < -0.4 is 10.3 Å². The Balaban J connectivity index is 2.62. The molecule has 0 amide bonds. The van der Waals surface area contributed by atoms with Crippen molar-refractivity contribution in [3.8, 4) is 5.75 Å². The summed E-state index contributed by atoms with van der Waals surface area (Å²) in [7, 11) is 3.43. The van der Waals surface area contributed by atoms with Crippen molar-refractivity contribution in [3.05, 3.63) is 52.8 Å². The summed E-state index contributed by atoms with van der Waals surface area (Å²) in [5.41, 5.74) is 0.953. The largest absolute Gasteiger partial charge is 0.497 e. The Labute approximate surface area is 104 Å². The standard InChI is InChI=1S/C15H13NO2/c1-16-14-6-4-3-5-11(14)13-9-10(18-2)7-8-12(13)15(16)17/h3-9H,1-2H3. The highest BCUT2D eigenvalue weighted by molar-refractivity contribution is 6.06. The Morgan fingerprint density at radius 3 is 2.56 bits per heavy atom. The molecule has 0 bridgehead atoms. The summed E-state index contributed by atoms with van der Waals surface area (Å²) in [4.78, 5) is 12.3. The monoisotopic (exact) mass is 239 g/mol. The van der Waals surface area contributed by atoms with E-state index in [0.717, 1.165) is 27.4 Å². The molecule has 0 fully saturated rings. The zero-order valence-electron chi connectivity index (χ0n) is 10.3. The van der Waals surface area contributed by atoms with E-state index >= 15 is 0 Å². The van der Waals surface area contributed by atoms with Gasteiger partial charge >= 0.3 is 0 Å². The van der Waals surface area contributed by atoms with Crippen molar-refractivity contribution in [2.45, 2.75) is 0 Å². The Hall–Kier alpha value is -2.29. The van der Waals surface area contributed by atoms with Gasteiger partial charge < -0.3 is 9.30 Å². The lowest BCUT2D eigenvalue weighted by Gasteiger charge is -2.09. The maximum atomic E-state index is 12.3. The van der Waals surface area contributed by atoms with Crippen molar-refractivity contribution in [3.63, 3.8) is 0 Å². The number of para-hydroxylation sites is 1. The Morgan fingerprint density at radius 2 is 1.78 bits per heavy atom. The van der Waals surface area contributed by atoms with E-state index in [1.807, 2.05) is 42.5 Å². The minimum atomic E-state index is 0.0198. The van der Waals surface area contributed by atoms with E-state index in [2.05, 4.69) is 0 Å². The van der Waals surface area contributed by atoms with Crippen molar-refractivity contribution in [1.82, 2.24) is 4.57 Å². The summed E-state index contributed by atoms with van der Waals surface area (Å²) in [5, 5.41) is 2.72. The van der Waals surface area contributed by atoms with Crippen LogP contribution in [0.2, 0.25) is 0 Å². The molecule has 0 aliphatic carbocycles. The highest BCUT2D eigenvalue weighted by atomic mass is 16.5. The van der Waals surface area contributed by atoms with Gasteiger partial charge in [0.2, 0.25) is 0 Å². The van der Waals surface area contributed by atoms with Gasteiger partial charge in [-0.05, 0) is 24.3 Å². The first-order chi connectivity index (χ1) is 8.72. The number of fused-ring (bicyclic) bond motifs is 3. The predicted octanol–water partition coefficient (Wildman–Crippen LogP) is 2.70. The van der Waals surface area contributed by atoms with E-state index < -0.39 is 0 Å². The van der Waals surface area contributed by atoms with Crippen molar-refractivity contribution < 1.29 is 4.74 Å². The molecule has 3 aromatic rings.